The molecule has 1 N–H and O–H groups in total. The number of carbonyl (C=O) groups excluding carboxylic acids is 1. The minimum absolute atomic E-state index is 0.175. The van der Waals surface area contributed by atoms with Crippen LogP contribution in [0.15, 0.2) is 47.6 Å². The second kappa shape index (κ2) is 9.32. The van der Waals surface area contributed by atoms with E-state index in [0.29, 0.717) is 33.3 Å². The van der Waals surface area contributed by atoms with Crippen molar-refractivity contribution in [3.63, 3.8) is 0 Å². The Balaban J connectivity index is 1.55. The standard InChI is InChI=1S/C19H18Cl2N4O2S/c1-12-5-3-4-6-16(12)27-10-17-23-24-19(25(17)2)28-11-18(26)22-15-8-13(20)7-14(21)9-15/h3-9H,10-11H2,1-2H3,(H,22,26). The second-order valence-electron chi connectivity index (χ2n) is 6.01. The van der Waals surface area contributed by atoms with Crippen LogP contribution in [0.5, 0.6) is 5.75 Å². The maximum Gasteiger partial charge on any atom is 0.234 e. The average molecular weight is 437 g/mol. The summed E-state index contributed by atoms with van der Waals surface area (Å²) in [5.74, 6) is 1.46. The van der Waals surface area contributed by atoms with E-state index in [1.807, 2.05) is 42.8 Å². The van der Waals surface area contributed by atoms with E-state index in [1.54, 1.807) is 18.2 Å². The molecule has 3 aromatic rings. The van der Waals surface area contributed by atoms with Gasteiger partial charge in [0.15, 0.2) is 11.0 Å². The van der Waals surface area contributed by atoms with Gasteiger partial charge in [-0.15, -0.1) is 10.2 Å². The number of anilines is 1. The van der Waals surface area contributed by atoms with Crippen LogP contribution >= 0.6 is 35.0 Å². The van der Waals surface area contributed by atoms with Crippen LogP contribution in [0.2, 0.25) is 10.0 Å². The third-order valence-corrected chi connectivity index (χ3v) is 5.31. The summed E-state index contributed by atoms with van der Waals surface area (Å²) in [5.41, 5.74) is 1.60. The van der Waals surface area contributed by atoms with Crippen LogP contribution in [-0.4, -0.2) is 26.4 Å². The van der Waals surface area contributed by atoms with Gasteiger partial charge >= 0.3 is 0 Å². The van der Waals surface area contributed by atoms with E-state index in [4.69, 9.17) is 27.9 Å². The molecule has 0 spiro atoms. The molecule has 0 fully saturated rings. The summed E-state index contributed by atoms with van der Waals surface area (Å²) in [5, 5.41) is 12.6. The quantitative estimate of drug-likeness (QED) is 0.541. The molecule has 0 aliphatic carbocycles. The minimum atomic E-state index is -0.191. The highest BCUT2D eigenvalue weighted by atomic mass is 35.5. The minimum Gasteiger partial charge on any atom is -0.485 e. The Bertz CT molecular complexity index is 974. The zero-order valence-electron chi connectivity index (χ0n) is 15.3. The zero-order valence-corrected chi connectivity index (χ0v) is 17.6. The van der Waals surface area contributed by atoms with E-state index in [1.165, 1.54) is 11.8 Å². The number of benzene rings is 2. The fraction of sp³-hybridized carbons (Fsp3) is 0.211. The summed E-state index contributed by atoms with van der Waals surface area (Å²) >= 11 is 13.2. The monoisotopic (exact) mass is 436 g/mol. The smallest absolute Gasteiger partial charge is 0.234 e. The van der Waals surface area contributed by atoms with Gasteiger partial charge in [-0.25, -0.2) is 0 Å². The number of carbonyl (C=O) groups is 1. The van der Waals surface area contributed by atoms with E-state index >= 15 is 0 Å². The first-order valence-electron chi connectivity index (χ1n) is 8.38. The second-order valence-corrected chi connectivity index (χ2v) is 7.82. The molecule has 9 heteroatoms. The van der Waals surface area contributed by atoms with Gasteiger partial charge in [-0.05, 0) is 36.8 Å². The number of nitrogens with one attached hydrogen (secondary N) is 1. The number of aryl methyl sites for hydroxylation is 1. The molecule has 0 atom stereocenters. The first kappa shape index (κ1) is 20.5. The SMILES string of the molecule is Cc1ccccc1OCc1nnc(SCC(=O)Nc2cc(Cl)cc(Cl)c2)n1C. The Hall–Kier alpha value is -2.22. The van der Waals surface area contributed by atoms with Crippen molar-refractivity contribution in [3.05, 3.63) is 63.9 Å². The molecule has 1 aromatic heterocycles. The van der Waals surface area contributed by atoms with E-state index in [0.717, 1.165) is 11.3 Å². The number of amides is 1. The summed E-state index contributed by atoms with van der Waals surface area (Å²) in [7, 11) is 1.84. The van der Waals surface area contributed by atoms with E-state index < -0.39 is 0 Å². The Morgan fingerprint density at radius 2 is 1.89 bits per heavy atom. The molecule has 146 valence electrons. The first-order chi connectivity index (χ1) is 13.4. The molecule has 0 aliphatic heterocycles. The number of aromatic nitrogens is 3. The van der Waals surface area contributed by atoms with Crippen molar-refractivity contribution in [1.29, 1.82) is 0 Å². The number of nitrogens with zero attached hydrogens (tertiary/aromatic N) is 3. The molecule has 1 heterocycles. The molecule has 1 amide bonds. The molecule has 6 nitrogen and oxygen atoms in total. The lowest BCUT2D eigenvalue weighted by atomic mass is 10.2. The van der Waals surface area contributed by atoms with Crippen molar-refractivity contribution in [2.45, 2.75) is 18.7 Å². The topological polar surface area (TPSA) is 69.0 Å². The molecule has 0 bridgehead atoms. The van der Waals surface area contributed by atoms with Crippen LogP contribution in [0.25, 0.3) is 0 Å². The molecular formula is C19H18Cl2N4O2S. The van der Waals surface area contributed by atoms with Gasteiger partial charge in [0.1, 0.15) is 12.4 Å². The van der Waals surface area contributed by atoms with Crippen LogP contribution in [-0.2, 0) is 18.4 Å². The lowest BCUT2D eigenvalue weighted by Crippen LogP contribution is -2.14. The lowest BCUT2D eigenvalue weighted by molar-refractivity contribution is -0.113. The van der Waals surface area contributed by atoms with Crippen LogP contribution in [0.1, 0.15) is 11.4 Å². The van der Waals surface area contributed by atoms with Crippen LogP contribution < -0.4 is 10.1 Å². The lowest BCUT2D eigenvalue weighted by Gasteiger charge is -2.09. The number of ether oxygens (including phenoxy) is 1. The number of rotatable bonds is 7. The normalized spacial score (nSPS) is 10.7. The van der Waals surface area contributed by atoms with Crippen molar-refractivity contribution in [1.82, 2.24) is 14.8 Å². The molecule has 2 aromatic carbocycles. The van der Waals surface area contributed by atoms with E-state index in [9.17, 15) is 4.79 Å². The largest absolute Gasteiger partial charge is 0.485 e. The van der Waals surface area contributed by atoms with Gasteiger partial charge in [-0.2, -0.15) is 0 Å². The van der Waals surface area contributed by atoms with Crippen molar-refractivity contribution < 1.29 is 9.53 Å². The van der Waals surface area contributed by atoms with Crippen LogP contribution in [0, 0.1) is 6.92 Å². The molecule has 0 unspecified atom stereocenters. The average Bonchev–Trinajstić information content (AvgIpc) is 2.98. The predicted octanol–water partition coefficient (Wildman–Crippen LogP) is 4.74. The highest BCUT2D eigenvalue weighted by molar-refractivity contribution is 7.99. The van der Waals surface area contributed by atoms with Crippen LogP contribution in [0.4, 0.5) is 5.69 Å². The molecule has 0 saturated heterocycles. The van der Waals surface area contributed by atoms with Crippen molar-refractivity contribution in [3.8, 4) is 5.75 Å². The summed E-state index contributed by atoms with van der Waals surface area (Å²) in [6.45, 7) is 2.28. The van der Waals surface area contributed by atoms with Gasteiger partial charge in [0, 0.05) is 22.8 Å². The highest BCUT2D eigenvalue weighted by Crippen LogP contribution is 2.23. The maximum atomic E-state index is 12.2. The number of halogens is 2. The van der Waals surface area contributed by atoms with Gasteiger partial charge in [0.05, 0.1) is 5.75 Å². The highest BCUT2D eigenvalue weighted by Gasteiger charge is 2.13. The fourth-order valence-corrected chi connectivity index (χ4v) is 3.67. The van der Waals surface area contributed by atoms with Crippen molar-refractivity contribution >= 4 is 46.6 Å². The fourth-order valence-electron chi connectivity index (χ4n) is 2.41. The van der Waals surface area contributed by atoms with E-state index in [-0.39, 0.29) is 11.7 Å². The van der Waals surface area contributed by atoms with E-state index in [2.05, 4.69) is 15.5 Å². The molecular weight excluding hydrogens is 419 g/mol. The Morgan fingerprint density at radius 1 is 1.18 bits per heavy atom. The first-order valence-corrected chi connectivity index (χ1v) is 10.1. The summed E-state index contributed by atoms with van der Waals surface area (Å²) in [4.78, 5) is 12.2. The van der Waals surface area contributed by atoms with Crippen LogP contribution in [0.3, 0.4) is 0 Å². The molecule has 0 aliphatic rings. The Kier molecular flexibility index (Phi) is 6.83. The third kappa shape index (κ3) is 5.41. The molecule has 28 heavy (non-hydrogen) atoms. The third-order valence-electron chi connectivity index (χ3n) is 3.85. The van der Waals surface area contributed by atoms with Crippen molar-refractivity contribution in [2.75, 3.05) is 11.1 Å². The zero-order chi connectivity index (χ0) is 20.1. The van der Waals surface area contributed by atoms with Gasteiger partial charge in [0.2, 0.25) is 5.91 Å². The number of hydrogen-bond acceptors (Lipinski definition) is 5. The number of thioether (sulfide) groups is 1. The van der Waals surface area contributed by atoms with Gasteiger partial charge in [-0.1, -0.05) is 53.2 Å². The summed E-state index contributed by atoms with van der Waals surface area (Å²) < 4.78 is 7.62. The molecule has 0 saturated carbocycles. The Labute approximate surface area is 177 Å². The van der Waals surface area contributed by atoms with Crippen molar-refractivity contribution in [2.24, 2.45) is 7.05 Å². The Morgan fingerprint density at radius 3 is 2.61 bits per heavy atom. The van der Waals surface area contributed by atoms with Gasteiger partial charge < -0.3 is 14.6 Å². The summed E-state index contributed by atoms with van der Waals surface area (Å²) in [6.07, 6.45) is 0. The number of para-hydroxylation sites is 1. The summed E-state index contributed by atoms with van der Waals surface area (Å²) in [6, 6.07) is 12.7. The molecule has 3 rings (SSSR count). The predicted molar refractivity (Wildman–Crippen MR) is 112 cm³/mol. The number of hydrogen-bond donors (Lipinski definition) is 1. The maximum absolute atomic E-state index is 12.2. The van der Waals surface area contributed by atoms with Gasteiger partial charge in [0.25, 0.3) is 0 Å². The molecule has 0 radical (unpaired) electrons. The van der Waals surface area contributed by atoms with Gasteiger partial charge in [-0.3, -0.25) is 4.79 Å².